The Morgan fingerprint density at radius 1 is 0.926 bits per heavy atom. The molecule has 0 amide bonds. The molecule has 0 saturated carbocycles. The van der Waals surface area contributed by atoms with Gasteiger partial charge in [-0.1, -0.05) is 58.5 Å². The first-order valence-electron chi connectivity index (χ1n) is 8.10. The molecular weight excluding hydrogens is 449 g/mol. The fraction of sp³-hybridized carbons (Fsp3) is 0.263. The molecule has 0 aliphatic rings. The Labute approximate surface area is 179 Å². The van der Waals surface area contributed by atoms with Crippen molar-refractivity contribution in [1.82, 2.24) is 0 Å². The Balaban J connectivity index is 2.28. The van der Waals surface area contributed by atoms with Gasteiger partial charge in [0.05, 0.1) is 22.2 Å². The lowest BCUT2D eigenvalue weighted by Crippen LogP contribution is -2.08. The predicted molar refractivity (Wildman–Crippen MR) is 114 cm³/mol. The summed E-state index contributed by atoms with van der Waals surface area (Å²) in [5, 5.41) is 1.64. The van der Waals surface area contributed by atoms with Crippen molar-refractivity contribution < 1.29 is 14.3 Å². The zero-order valence-electron chi connectivity index (χ0n) is 14.5. The van der Waals surface area contributed by atoms with Crippen molar-refractivity contribution >= 4 is 65.8 Å². The average Bonchev–Trinajstić information content (AvgIpc) is 2.59. The van der Waals surface area contributed by atoms with Crippen molar-refractivity contribution in [1.29, 1.82) is 0 Å². The highest BCUT2D eigenvalue weighted by Gasteiger charge is 2.25. The molecule has 0 aliphatic carbocycles. The summed E-state index contributed by atoms with van der Waals surface area (Å²) >= 11 is 25.0. The van der Waals surface area contributed by atoms with Crippen LogP contribution in [-0.4, -0.2) is 24.3 Å². The van der Waals surface area contributed by atoms with Gasteiger partial charge in [-0.2, -0.15) is 0 Å². The van der Waals surface area contributed by atoms with Crippen molar-refractivity contribution in [3.8, 4) is 0 Å². The zero-order valence-corrected chi connectivity index (χ0v) is 18.4. The number of ether oxygens (including phenoxy) is 1. The van der Waals surface area contributed by atoms with Crippen LogP contribution >= 0.6 is 54.3 Å². The number of hydrogen-bond acceptors (Lipinski definition) is 3. The van der Waals surface area contributed by atoms with Crippen LogP contribution in [0.1, 0.15) is 29.3 Å². The van der Waals surface area contributed by atoms with Crippen LogP contribution in [0.3, 0.4) is 0 Å². The van der Waals surface area contributed by atoms with Crippen LogP contribution in [0.5, 0.6) is 0 Å². The Morgan fingerprint density at radius 3 is 1.96 bits per heavy atom. The molecule has 144 valence electrons. The monoisotopic (exact) mass is 464 g/mol. The van der Waals surface area contributed by atoms with Crippen LogP contribution in [-0.2, 0) is 15.7 Å². The van der Waals surface area contributed by atoms with E-state index < -0.39 is 7.92 Å². The van der Waals surface area contributed by atoms with Gasteiger partial charge in [-0.25, -0.2) is 0 Å². The fourth-order valence-corrected chi connectivity index (χ4v) is 6.17. The Hall–Kier alpha value is -0.830. The van der Waals surface area contributed by atoms with Gasteiger partial charge in [0.1, 0.15) is 0 Å². The van der Waals surface area contributed by atoms with Crippen LogP contribution in [0, 0.1) is 0 Å². The number of carbonyl (C=O) groups excluding carboxylic acids is 2. The van der Waals surface area contributed by atoms with Crippen molar-refractivity contribution in [2.24, 2.45) is 0 Å². The predicted octanol–water partition coefficient (Wildman–Crippen LogP) is 7.08. The van der Waals surface area contributed by atoms with Crippen LogP contribution in [0.25, 0.3) is 0 Å². The third kappa shape index (κ3) is 6.34. The van der Waals surface area contributed by atoms with Crippen LogP contribution in [0.15, 0.2) is 36.4 Å². The lowest BCUT2D eigenvalue weighted by molar-refractivity contribution is -0.140. The summed E-state index contributed by atoms with van der Waals surface area (Å²) in [6.45, 7) is 1.59. The van der Waals surface area contributed by atoms with Crippen molar-refractivity contribution in [3.63, 3.8) is 0 Å². The largest absolute Gasteiger partial charge is 0.466 e. The summed E-state index contributed by atoms with van der Waals surface area (Å²) in [6.07, 6.45) is 1.47. The highest BCUT2D eigenvalue weighted by molar-refractivity contribution is 7.75. The van der Waals surface area contributed by atoms with Gasteiger partial charge < -0.3 is 4.74 Å². The van der Waals surface area contributed by atoms with E-state index in [0.29, 0.717) is 44.4 Å². The Bertz CT molecular complexity index is 801. The molecule has 0 N–H and O–H groups in total. The van der Waals surface area contributed by atoms with Gasteiger partial charge in [0.2, 0.25) is 0 Å². The van der Waals surface area contributed by atoms with Crippen LogP contribution in [0.2, 0.25) is 20.1 Å². The molecule has 1 unspecified atom stereocenters. The molecule has 0 fully saturated rings. The first-order valence-corrected chi connectivity index (χ1v) is 11.3. The molecule has 0 saturated heterocycles. The molecule has 2 rings (SSSR count). The summed E-state index contributed by atoms with van der Waals surface area (Å²) in [5.41, 5.74) is 0.901. The number of benzene rings is 2. The molecule has 0 aromatic heterocycles. The molecule has 0 aliphatic heterocycles. The SMILES string of the molecule is CC(=O)OCCCP(Cc1c(Cl)cccc1Cl)C(=O)c1c(Cl)cccc1Cl. The molecule has 8 heteroatoms. The number of carbonyl (C=O) groups is 2. The third-order valence-electron chi connectivity index (χ3n) is 3.75. The smallest absolute Gasteiger partial charge is 0.302 e. The second-order valence-corrected chi connectivity index (χ2v) is 9.60. The minimum atomic E-state index is -1.24. The second kappa shape index (κ2) is 10.6. The summed E-state index contributed by atoms with van der Waals surface area (Å²) in [4.78, 5) is 24.2. The maximum Gasteiger partial charge on any atom is 0.302 e. The summed E-state index contributed by atoms with van der Waals surface area (Å²) in [5.74, 6) is -0.353. The fourth-order valence-electron chi connectivity index (χ4n) is 2.46. The molecule has 27 heavy (non-hydrogen) atoms. The van der Waals surface area contributed by atoms with Crippen molar-refractivity contribution in [2.45, 2.75) is 19.5 Å². The Kier molecular flexibility index (Phi) is 8.85. The molecule has 2 aromatic carbocycles. The quantitative estimate of drug-likeness (QED) is 0.237. The Morgan fingerprint density at radius 2 is 1.44 bits per heavy atom. The molecule has 2 aromatic rings. The van der Waals surface area contributed by atoms with Gasteiger partial charge >= 0.3 is 5.97 Å². The highest BCUT2D eigenvalue weighted by Crippen LogP contribution is 2.48. The highest BCUT2D eigenvalue weighted by atomic mass is 35.5. The average molecular weight is 466 g/mol. The molecule has 1 atom stereocenters. The minimum absolute atomic E-state index is 0.126. The first-order chi connectivity index (χ1) is 12.8. The number of esters is 1. The van der Waals surface area contributed by atoms with E-state index in [1.165, 1.54) is 6.92 Å². The number of rotatable bonds is 8. The number of halogens is 4. The lowest BCUT2D eigenvalue weighted by atomic mass is 10.2. The normalized spacial score (nSPS) is 11.9. The van der Waals surface area contributed by atoms with E-state index in [2.05, 4.69) is 0 Å². The maximum atomic E-state index is 13.2. The van der Waals surface area contributed by atoms with E-state index in [1.807, 2.05) is 0 Å². The van der Waals surface area contributed by atoms with E-state index in [-0.39, 0.29) is 18.1 Å². The zero-order chi connectivity index (χ0) is 20.0. The van der Waals surface area contributed by atoms with Gasteiger partial charge in [-0.3, -0.25) is 9.59 Å². The second-order valence-electron chi connectivity index (χ2n) is 5.72. The maximum absolute atomic E-state index is 13.2. The molecule has 0 spiro atoms. The summed E-state index contributed by atoms with van der Waals surface area (Å²) in [6, 6.07) is 10.2. The van der Waals surface area contributed by atoms with Crippen molar-refractivity contribution in [2.75, 3.05) is 12.8 Å². The van der Waals surface area contributed by atoms with E-state index in [0.717, 1.165) is 5.56 Å². The van der Waals surface area contributed by atoms with E-state index in [1.54, 1.807) is 36.4 Å². The molecule has 0 bridgehead atoms. The number of hydrogen-bond donors (Lipinski definition) is 0. The van der Waals surface area contributed by atoms with Crippen molar-refractivity contribution in [3.05, 3.63) is 67.6 Å². The third-order valence-corrected chi connectivity index (χ3v) is 7.44. The van der Waals surface area contributed by atoms with E-state index in [9.17, 15) is 9.59 Å². The molecule has 3 nitrogen and oxygen atoms in total. The van der Waals surface area contributed by atoms with E-state index in [4.69, 9.17) is 51.1 Å². The standard InChI is InChI=1S/C19H17Cl4O3P/c1-12(24)26-9-4-10-27(11-13-14(20)5-2-6-15(13)21)19(25)18-16(22)7-3-8-17(18)23/h2-3,5-8H,4,9-11H2,1H3. The molecular formula is C19H17Cl4O3P. The van der Waals surface area contributed by atoms with Gasteiger partial charge in [0.15, 0.2) is 5.52 Å². The van der Waals surface area contributed by atoms with Crippen LogP contribution < -0.4 is 0 Å². The topological polar surface area (TPSA) is 43.4 Å². The first kappa shape index (κ1) is 22.5. The van der Waals surface area contributed by atoms with Crippen LogP contribution in [0.4, 0.5) is 0 Å². The lowest BCUT2D eigenvalue weighted by Gasteiger charge is -2.19. The van der Waals surface area contributed by atoms with E-state index >= 15 is 0 Å². The molecule has 0 heterocycles. The van der Waals surface area contributed by atoms with Gasteiger partial charge in [-0.15, -0.1) is 0 Å². The summed E-state index contributed by atoms with van der Waals surface area (Å²) in [7, 11) is -1.24. The van der Waals surface area contributed by atoms with Gasteiger partial charge in [0, 0.05) is 23.1 Å². The minimum Gasteiger partial charge on any atom is -0.466 e. The van der Waals surface area contributed by atoms with Gasteiger partial charge in [-0.05, 0) is 50.3 Å². The summed E-state index contributed by atoms with van der Waals surface area (Å²) < 4.78 is 4.98. The molecule has 0 radical (unpaired) electrons. The van der Waals surface area contributed by atoms with Gasteiger partial charge in [0.25, 0.3) is 0 Å².